The fourth-order valence-corrected chi connectivity index (χ4v) is 1.39. The second-order valence-corrected chi connectivity index (χ2v) is 3.38. The summed E-state index contributed by atoms with van der Waals surface area (Å²) in [5, 5.41) is 0. The molecule has 4 heteroatoms. The van der Waals surface area contributed by atoms with Crippen LogP contribution in [0.3, 0.4) is 0 Å². The van der Waals surface area contributed by atoms with Gasteiger partial charge in [-0.25, -0.2) is 0 Å². The van der Waals surface area contributed by atoms with Gasteiger partial charge in [0.2, 0.25) is 0 Å². The average molecular weight is 223 g/mol. The van der Waals surface area contributed by atoms with Crippen LogP contribution in [0, 0.1) is 0 Å². The van der Waals surface area contributed by atoms with Crippen LogP contribution in [0.2, 0.25) is 0 Å². The van der Waals surface area contributed by atoms with Crippen molar-refractivity contribution in [2.75, 3.05) is 19.5 Å². The normalized spacial score (nSPS) is 9.88. The Morgan fingerprint density at radius 2 is 2.19 bits per heavy atom. The van der Waals surface area contributed by atoms with Crippen LogP contribution >= 0.6 is 0 Å². The summed E-state index contributed by atoms with van der Waals surface area (Å²) in [5.41, 5.74) is 7.41. The minimum atomic E-state index is -0.215. The van der Waals surface area contributed by atoms with Gasteiger partial charge in [-0.15, -0.1) is 0 Å². The number of nitrogens with two attached hydrogens (primary N) is 1. The highest BCUT2D eigenvalue weighted by atomic mass is 16.5. The Morgan fingerprint density at radius 1 is 1.44 bits per heavy atom. The Kier molecular flexibility index (Phi) is 4.64. The number of esters is 1. The molecule has 0 radical (unpaired) electrons. The molecule has 1 rings (SSSR count). The van der Waals surface area contributed by atoms with Gasteiger partial charge in [0.25, 0.3) is 0 Å². The van der Waals surface area contributed by atoms with Crippen molar-refractivity contribution < 1.29 is 14.3 Å². The number of benzene rings is 1. The first-order valence-electron chi connectivity index (χ1n) is 5.25. The van der Waals surface area contributed by atoms with Crippen molar-refractivity contribution in [2.45, 2.75) is 19.8 Å². The van der Waals surface area contributed by atoms with E-state index >= 15 is 0 Å². The molecule has 0 unspecified atom stereocenters. The van der Waals surface area contributed by atoms with Crippen LogP contribution in [0.15, 0.2) is 18.2 Å². The molecule has 0 amide bonds. The summed E-state index contributed by atoms with van der Waals surface area (Å²) in [6, 6.07) is 5.56. The van der Waals surface area contributed by atoms with Gasteiger partial charge < -0.3 is 15.2 Å². The average Bonchev–Trinajstić information content (AvgIpc) is 2.29. The van der Waals surface area contributed by atoms with E-state index < -0.39 is 0 Å². The number of hydrogen-bond acceptors (Lipinski definition) is 4. The maximum atomic E-state index is 11.0. The first kappa shape index (κ1) is 12.4. The number of carbonyl (C=O) groups excluding carboxylic acids is 1. The fraction of sp³-hybridized carbons (Fsp3) is 0.417. The minimum absolute atomic E-state index is 0.215. The van der Waals surface area contributed by atoms with E-state index in [0.717, 1.165) is 5.56 Å². The van der Waals surface area contributed by atoms with Crippen LogP contribution in [0.1, 0.15) is 18.9 Å². The van der Waals surface area contributed by atoms with Gasteiger partial charge in [-0.05, 0) is 31.0 Å². The molecule has 0 fully saturated rings. The molecule has 0 aliphatic rings. The number of ether oxygens (including phenoxy) is 2. The van der Waals surface area contributed by atoms with Crippen molar-refractivity contribution in [1.29, 1.82) is 0 Å². The number of aryl methyl sites for hydroxylation is 1. The van der Waals surface area contributed by atoms with E-state index in [1.807, 2.05) is 25.1 Å². The molecule has 0 aromatic heterocycles. The molecular formula is C12H17NO3. The highest BCUT2D eigenvalue weighted by Gasteiger charge is 2.04. The molecule has 0 bridgehead atoms. The lowest BCUT2D eigenvalue weighted by Gasteiger charge is -2.08. The van der Waals surface area contributed by atoms with Gasteiger partial charge in [0.1, 0.15) is 5.75 Å². The molecule has 1 aromatic carbocycles. The Labute approximate surface area is 95.3 Å². The molecule has 88 valence electrons. The zero-order chi connectivity index (χ0) is 12.0. The summed E-state index contributed by atoms with van der Waals surface area (Å²) in [5.74, 6) is 0.469. The van der Waals surface area contributed by atoms with Gasteiger partial charge in [-0.2, -0.15) is 0 Å². The fourth-order valence-electron chi connectivity index (χ4n) is 1.39. The van der Waals surface area contributed by atoms with Crippen molar-refractivity contribution in [1.82, 2.24) is 0 Å². The Bertz CT molecular complexity index is 363. The summed E-state index contributed by atoms with van der Waals surface area (Å²) >= 11 is 0. The largest absolute Gasteiger partial charge is 0.492 e. The van der Waals surface area contributed by atoms with Crippen molar-refractivity contribution in [3.05, 3.63) is 23.8 Å². The van der Waals surface area contributed by atoms with E-state index in [9.17, 15) is 4.79 Å². The number of hydrogen-bond donors (Lipinski definition) is 1. The smallest absolute Gasteiger partial charge is 0.305 e. The van der Waals surface area contributed by atoms with Crippen molar-refractivity contribution in [2.24, 2.45) is 0 Å². The third kappa shape index (κ3) is 3.46. The molecule has 0 aliphatic heterocycles. The van der Waals surface area contributed by atoms with Gasteiger partial charge in [0.15, 0.2) is 0 Å². The predicted molar refractivity (Wildman–Crippen MR) is 62.4 cm³/mol. The lowest BCUT2D eigenvalue weighted by Crippen LogP contribution is -2.03. The second kappa shape index (κ2) is 6.00. The van der Waals surface area contributed by atoms with Crippen LogP contribution in [-0.2, 0) is 16.0 Å². The Balaban J connectivity index is 2.62. The van der Waals surface area contributed by atoms with Crippen LogP contribution in [-0.4, -0.2) is 19.7 Å². The number of methoxy groups -OCH3 is 1. The monoisotopic (exact) mass is 223 g/mol. The standard InChI is InChI=1S/C12H17NO3/c1-3-16-11-6-4-9(8-10(11)13)5-7-12(14)15-2/h4,6,8H,3,5,7,13H2,1-2H3. The van der Waals surface area contributed by atoms with Gasteiger partial charge in [-0.3, -0.25) is 4.79 Å². The lowest BCUT2D eigenvalue weighted by atomic mass is 10.1. The molecule has 16 heavy (non-hydrogen) atoms. The number of carbonyl (C=O) groups is 1. The van der Waals surface area contributed by atoms with Crippen molar-refractivity contribution in [3.8, 4) is 5.75 Å². The van der Waals surface area contributed by atoms with E-state index in [4.69, 9.17) is 10.5 Å². The zero-order valence-corrected chi connectivity index (χ0v) is 9.66. The minimum Gasteiger partial charge on any atom is -0.492 e. The Hall–Kier alpha value is -1.71. The first-order valence-corrected chi connectivity index (χ1v) is 5.25. The SMILES string of the molecule is CCOc1ccc(CCC(=O)OC)cc1N. The van der Waals surface area contributed by atoms with Crippen LogP contribution < -0.4 is 10.5 Å². The maximum Gasteiger partial charge on any atom is 0.305 e. The second-order valence-electron chi connectivity index (χ2n) is 3.38. The number of anilines is 1. The van der Waals surface area contributed by atoms with E-state index in [1.165, 1.54) is 7.11 Å². The maximum absolute atomic E-state index is 11.0. The summed E-state index contributed by atoms with van der Waals surface area (Å²) in [6.07, 6.45) is 0.993. The zero-order valence-electron chi connectivity index (χ0n) is 9.66. The highest BCUT2D eigenvalue weighted by molar-refractivity contribution is 5.69. The van der Waals surface area contributed by atoms with Gasteiger partial charge in [-0.1, -0.05) is 6.07 Å². The quantitative estimate of drug-likeness (QED) is 0.610. The molecule has 0 atom stereocenters. The lowest BCUT2D eigenvalue weighted by molar-refractivity contribution is -0.140. The third-order valence-electron chi connectivity index (χ3n) is 2.22. The third-order valence-corrected chi connectivity index (χ3v) is 2.22. The molecule has 0 saturated heterocycles. The number of rotatable bonds is 5. The summed E-state index contributed by atoms with van der Waals surface area (Å²) in [7, 11) is 1.38. The molecule has 0 heterocycles. The molecule has 0 saturated carbocycles. The summed E-state index contributed by atoms with van der Waals surface area (Å²) in [6.45, 7) is 2.50. The van der Waals surface area contributed by atoms with E-state index in [2.05, 4.69) is 4.74 Å². The molecule has 0 aliphatic carbocycles. The molecule has 1 aromatic rings. The van der Waals surface area contributed by atoms with Crippen LogP contribution in [0.25, 0.3) is 0 Å². The van der Waals surface area contributed by atoms with E-state index in [-0.39, 0.29) is 5.97 Å². The molecule has 4 nitrogen and oxygen atoms in total. The summed E-state index contributed by atoms with van der Waals surface area (Å²) < 4.78 is 9.89. The van der Waals surface area contributed by atoms with Gasteiger partial charge in [0, 0.05) is 6.42 Å². The highest BCUT2D eigenvalue weighted by Crippen LogP contribution is 2.23. The van der Waals surface area contributed by atoms with Crippen LogP contribution in [0.4, 0.5) is 5.69 Å². The first-order chi connectivity index (χ1) is 7.67. The van der Waals surface area contributed by atoms with Gasteiger partial charge in [0.05, 0.1) is 19.4 Å². The molecule has 2 N–H and O–H groups in total. The Morgan fingerprint density at radius 3 is 2.75 bits per heavy atom. The summed E-state index contributed by atoms with van der Waals surface area (Å²) in [4.78, 5) is 11.0. The van der Waals surface area contributed by atoms with Crippen LogP contribution in [0.5, 0.6) is 5.75 Å². The predicted octanol–water partition coefficient (Wildman–Crippen LogP) is 1.77. The molecule has 0 spiro atoms. The van der Waals surface area contributed by atoms with Gasteiger partial charge >= 0.3 is 5.97 Å². The molecular weight excluding hydrogens is 206 g/mol. The van der Waals surface area contributed by atoms with Crippen molar-refractivity contribution in [3.63, 3.8) is 0 Å². The van der Waals surface area contributed by atoms with E-state index in [1.54, 1.807) is 0 Å². The topological polar surface area (TPSA) is 61.5 Å². The number of nitrogen functional groups attached to an aromatic ring is 1. The van der Waals surface area contributed by atoms with Crippen molar-refractivity contribution >= 4 is 11.7 Å². The van der Waals surface area contributed by atoms with E-state index in [0.29, 0.717) is 30.9 Å².